The highest BCUT2D eigenvalue weighted by molar-refractivity contribution is 7.16. The number of anilines is 1. The fourth-order valence-corrected chi connectivity index (χ4v) is 4.07. The first-order chi connectivity index (χ1) is 10.7. The normalized spacial score (nSPS) is 13.3. The van der Waals surface area contributed by atoms with Crippen molar-refractivity contribution in [1.82, 2.24) is 0 Å². The first-order valence-electron chi connectivity index (χ1n) is 7.68. The third kappa shape index (κ3) is 2.77. The summed E-state index contributed by atoms with van der Waals surface area (Å²) >= 11 is 1.56. The van der Waals surface area contributed by atoms with Gasteiger partial charge in [-0.2, -0.15) is 5.26 Å². The van der Waals surface area contributed by atoms with Crippen LogP contribution in [0.1, 0.15) is 51.7 Å². The first-order valence-corrected chi connectivity index (χ1v) is 8.49. The third-order valence-electron chi connectivity index (χ3n) is 4.13. The van der Waals surface area contributed by atoms with Gasteiger partial charge in [0.2, 0.25) is 0 Å². The molecule has 4 heteroatoms. The van der Waals surface area contributed by atoms with Gasteiger partial charge in [0.05, 0.1) is 5.56 Å². The lowest BCUT2D eigenvalue weighted by atomic mass is 9.96. The molecule has 0 saturated heterocycles. The molecular weight excluding hydrogens is 292 g/mol. The minimum Gasteiger partial charge on any atom is -0.312 e. The molecule has 0 fully saturated rings. The van der Waals surface area contributed by atoms with Gasteiger partial charge in [0.15, 0.2) is 0 Å². The van der Waals surface area contributed by atoms with Crippen LogP contribution in [0, 0.1) is 11.3 Å². The van der Waals surface area contributed by atoms with Crippen molar-refractivity contribution >= 4 is 22.2 Å². The maximum atomic E-state index is 12.4. The molecule has 1 aliphatic rings. The second kappa shape index (κ2) is 6.33. The fraction of sp³-hybridized carbons (Fsp3) is 0.333. The summed E-state index contributed by atoms with van der Waals surface area (Å²) in [6, 6.07) is 9.90. The molecule has 3 rings (SSSR count). The van der Waals surface area contributed by atoms with Crippen molar-refractivity contribution in [2.45, 2.75) is 39.0 Å². The minimum absolute atomic E-state index is 0.141. The van der Waals surface area contributed by atoms with Crippen LogP contribution in [0.15, 0.2) is 24.3 Å². The number of carbonyl (C=O) groups excluding carboxylic acids is 1. The third-order valence-corrected chi connectivity index (χ3v) is 5.34. The zero-order valence-electron chi connectivity index (χ0n) is 12.6. The molecular formula is C18H18N2OS. The van der Waals surface area contributed by atoms with Crippen LogP contribution >= 0.6 is 11.3 Å². The lowest BCUT2D eigenvalue weighted by molar-refractivity contribution is 0.102. The lowest BCUT2D eigenvalue weighted by Gasteiger charge is -2.09. The van der Waals surface area contributed by atoms with Gasteiger partial charge in [0.1, 0.15) is 11.1 Å². The number of nitrogens with zero attached hydrogens (tertiary/aromatic N) is 1. The smallest absolute Gasteiger partial charge is 0.256 e. The van der Waals surface area contributed by atoms with Crippen LogP contribution in [0.4, 0.5) is 5.00 Å². The van der Waals surface area contributed by atoms with Crippen LogP contribution in [0.25, 0.3) is 0 Å². The van der Waals surface area contributed by atoms with E-state index in [0.717, 1.165) is 31.2 Å². The summed E-state index contributed by atoms with van der Waals surface area (Å²) < 4.78 is 0. The average molecular weight is 310 g/mol. The fourth-order valence-electron chi connectivity index (χ4n) is 2.84. The molecule has 0 aliphatic heterocycles. The van der Waals surface area contributed by atoms with Gasteiger partial charge in [-0.3, -0.25) is 4.79 Å². The number of fused-ring (bicyclic) bond motifs is 1. The van der Waals surface area contributed by atoms with Crippen molar-refractivity contribution in [1.29, 1.82) is 5.26 Å². The Morgan fingerprint density at radius 1 is 1.27 bits per heavy atom. The van der Waals surface area contributed by atoms with E-state index in [1.165, 1.54) is 16.9 Å². The molecule has 0 bridgehead atoms. The Morgan fingerprint density at radius 2 is 2.00 bits per heavy atom. The molecule has 1 aliphatic carbocycles. The largest absolute Gasteiger partial charge is 0.312 e. The van der Waals surface area contributed by atoms with Gasteiger partial charge in [-0.05, 0) is 55.4 Å². The number of nitrogens with one attached hydrogen (secondary N) is 1. The molecule has 1 aromatic carbocycles. The summed E-state index contributed by atoms with van der Waals surface area (Å²) in [5.74, 6) is -0.141. The Kier molecular flexibility index (Phi) is 4.26. The Morgan fingerprint density at radius 3 is 2.68 bits per heavy atom. The van der Waals surface area contributed by atoms with E-state index in [4.69, 9.17) is 0 Å². The van der Waals surface area contributed by atoms with Crippen molar-refractivity contribution in [3.8, 4) is 6.07 Å². The topological polar surface area (TPSA) is 52.9 Å². The average Bonchev–Trinajstić information content (AvgIpc) is 2.91. The summed E-state index contributed by atoms with van der Waals surface area (Å²) in [4.78, 5) is 13.6. The molecule has 0 atom stereocenters. The van der Waals surface area contributed by atoms with Gasteiger partial charge in [0, 0.05) is 10.4 Å². The number of thiophene rings is 1. The number of carbonyl (C=O) groups is 1. The summed E-state index contributed by atoms with van der Waals surface area (Å²) in [5.41, 5.74) is 3.65. The molecule has 1 aromatic heterocycles. The van der Waals surface area contributed by atoms with Crippen molar-refractivity contribution in [2.75, 3.05) is 5.32 Å². The number of amides is 1. The Hall–Kier alpha value is -2.12. The summed E-state index contributed by atoms with van der Waals surface area (Å²) in [5, 5.41) is 13.1. The van der Waals surface area contributed by atoms with E-state index in [-0.39, 0.29) is 5.91 Å². The molecule has 0 unspecified atom stereocenters. The molecule has 1 N–H and O–H groups in total. The van der Waals surface area contributed by atoms with Crippen molar-refractivity contribution in [3.63, 3.8) is 0 Å². The van der Waals surface area contributed by atoms with E-state index in [2.05, 4.69) is 18.3 Å². The summed E-state index contributed by atoms with van der Waals surface area (Å²) in [6.07, 6.45) is 5.23. The lowest BCUT2D eigenvalue weighted by Crippen LogP contribution is -2.11. The molecule has 1 amide bonds. The van der Waals surface area contributed by atoms with E-state index in [1.807, 2.05) is 24.3 Å². The zero-order chi connectivity index (χ0) is 15.5. The first kappa shape index (κ1) is 14.8. The zero-order valence-corrected chi connectivity index (χ0v) is 13.4. The Labute approximate surface area is 134 Å². The SMILES string of the molecule is CCc1ccc(C(=O)Nc2sc3c(c2C#N)CCCC3)cc1. The van der Waals surface area contributed by atoms with Crippen LogP contribution in [-0.4, -0.2) is 5.91 Å². The highest BCUT2D eigenvalue weighted by atomic mass is 32.1. The van der Waals surface area contributed by atoms with E-state index in [9.17, 15) is 10.1 Å². The number of aryl methyl sites for hydroxylation is 2. The monoisotopic (exact) mass is 310 g/mol. The maximum absolute atomic E-state index is 12.4. The number of hydrogen-bond acceptors (Lipinski definition) is 3. The number of rotatable bonds is 3. The van der Waals surface area contributed by atoms with Gasteiger partial charge >= 0.3 is 0 Å². The predicted octanol–water partition coefficient (Wildman–Crippen LogP) is 4.31. The minimum atomic E-state index is -0.141. The number of nitriles is 1. The number of hydrogen-bond donors (Lipinski definition) is 1. The highest BCUT2D eigenvalue weighted by Gasteiger charge is 2.22. The highest BCUT2D eigenvalue weighted by Crippen LogP contribution is 2.37. The predicted molar refractivity (Wildman–Crippen MR) is 89.4 cm³/mol. The molecule has 112 valence electrons. The van der Waals surface area contributed by atoms with Crippen LogP contribution in [0.3, 0.4) is 0 Å². The van der Waals surface area contributed by atoms with Gasteiger partial charge in [-0.25, -0.2) is 0 Å². The molecule has 1 heterocycles. The maximum Gasteiger partial charge on any atom is 0.256 e. The van der Waals surface area contributed by atoms with Gasteiger partial charge in [-0.15, -0.1) is 11.3 Å². The van der Waals surface area contributed by atoms with E-state index in [0.29, 0.717) is 16.1 Å². The Bertz CT molecular complexity index is 738. The van der Waals surface area contributed by atoms with Gasteiger partial charge in [0.25, 0.3) is 5.91 Å². The van der Waals surface area contributed by atoms with E-state index < -0.39 is 0 Å². The van der Waals surface area contributed by atoms with Crippen LogP contribution < -0.4 is 5.32 Å². The second-order valence-electron chi connectivity index (χ2n) is 5.53. The molecule has 0 saturated carbocycles. The molecule has 0 spiro atoms. The number of benzene rings is 1. The van der Waals surface area contributed by atoms with Crippen LogP contribution in [0.2, 0.25) is 0 Å². The van der Waals surface area contributed by atoms with Gasteiger partial charge in [-0.1, -0.05) is 19.1 Å². The van der Waals surface area contributed by atoms with Crippen molar-refractivity contribution < 1.29 is 4.79 Å². The van der Waals surface area contributed by atoms with Gasteiger partial charge < -0.3 is 5.32 Å². The standard InChI is InChI=1S/C18H18N2OS/c1-2-12-7-9-13(10-8-12)17(21)20-18-15(11-19)14-5-3-4-6-16(14)22-18/h7-10H,2-6H2,1H3,(H,20,21). The summed E-state index contributed by atoms with van der Waals surface area (Å²) in [7, 11) is 0. The Balaban J connectivity index is 1.84. The van der Waals surface area contributed by atoms with Crippen molar-refractivity contribution in [3.05, 3.63) is 51.4 Å². The molecule has 3 nitrogen and oxygen atoms in total. The van der Waals surface area contributed by atoms with E-state index >= 15 is 0 Å². The molecule has 2 aromatic rings. The second-order valence-corrected chi connectivity index (χ2v) is 6.64. The van der Waals surface area contributed by atoms with Crippen LogP contribution in [-0.2, 0) is 19.3 Å². The van der Waals surface area contributed by atoms with E-state index in [1.54, 1.807) is 11.3 Å². The van der Waals surface area contributed by atoms with Crippen molar-refractivity contribution in [2.24, 2.45) is 0 Å². The molecule has 22 heavy (non-hydrogen) atoms. The quantitative estimate of drug-likeness (QED) is 0.918. The molecule has 0 radical (unpaired) electrons. The summed E-state index contributed by atoms with van der Waals surface area (Å²) in [6.45, 7) is 2.09. The van der Waals surface area contributed by atoms with Crippen LogP contribution in [0.5, 0.6) is 0 Å².